The Morgan fingerprint density at radius 2 is 1.74 bits per heavy atom. The fraction of sp³-hybridized carbons (Fsp3) is 0.261. The van der Waals surface area contributed by atoms with Crippen LogP contribution < -0.4 is 15.6 Å². The van der Waals surface area contributed by atoms with Crippen molar-refractivity contribution in [2.24, 2.45) is 10.9 Å². The first-order valence-corrected chi connectivity index (χ1v) is 9.48. The van der Waals surface area contributed by atoms with Gasteiger partial charge in [-0.15, -0.1) is 0 Å². The van der Waals surface area contributed by atoms with E-state index in [1.54, 1.807) is 0 Å². The summed E-state index contributed by atoms with van der Waals surface area (Å²) in [6.45, 7) is 6.78. The van der Waals surface area contributed by atoms with Crippen LogP contribution in [0.5, 0.6) is 5.75 Å². The van der Waals surface area contributed by atoms with Gasteiger partial charge in [-0.2, -0.15) is 5.48 Å². The molecule has 27 heavy (non-hydrogen) atoms. The Morgan fingerprint density at radius 1 is 1.00 bits per heavy atom. The zero-order chi connectivity index (χ0) is 18.6. The standard InChI is InChI=1S/C23H25N3O/c1-16-3-5-18(6-4-16)19-7-8-21-14-22(10-9-20(21)13-19)27-26-15-17(2)23-24-11-12-25-23/h3-10,13-14,17,26H,11-12,15H2,1-2H3,(H,24,25). The molecule has 1 heterocycles. The van der Waals surface area contributed by atoms with Gasteiger partial charge >= 0.3 is 0 Å². The molecule has 1 aliphatic rings. The number of hydroxylamine groups is 1. The minimum Gasteiger partial charge on any atom is -0.409 e. The van der Waals surface area contributed by atoms with E-state index in [1.807, 2.05) is 6.07 Å². The van der Waals surface area contributed by atoms with Crippen molar-refractivity contribution < 1.29 is 4.84 Å². The van der Waals surface area contributed by atoms with Crippen molar-refractivity contribution in [2.75, 3.05) is 19.6 Å². The number of nitrogens with one attached hydrogen (secondary N) is 2. The van der Waals surface area contributed by atoms with Crippen molar-refractivity contribution in [1.82, 2.24) is 10.8 Å². The van der Waals surface area contributed by atoms with E-state index in [9.17, 15) is 0 Å². The fourth-order valence-electron chi connectivity index (χ4n) is 3.31. The Bertz CT molecular complexity index is 963. The zero-order valence-corrected chi connectivity index (χ0v) is 15.8. The lowest BCUT2D eigenvalue weighted by Gasteiger charge is -2.14. The molecule has 4 nitrogen and oxygen atoms in total. The number of rotatable bonds is 6. The van der Waals surface area contributed by atoms with Crippen molar-refractivity contribution in [1.29, 1.82) is 0 Å². The Kier molecular flexibility index (Phi) is 5.07. The molecule has 2 N–H and O–H groups in total. The molecular formula is C23H25N3O. The van der Waals surface area contributed by atoms with Gasteiger partial charge in [-0.05, 0) is 47.0 Å². The van der Waals surface area contributed by atoms with Gasteiger partial charge < -0.3 is 10.2 Å². The Hall–Kier alpha value is -2.85. The van der Waals surface area contributed by atoms with Gasteiger partial charge in [0.1, 0.15) is 11.6 Å². The van der Waals surface area contributed by atoms with Crippen LogP contribution in [0.15, 0.2) is 65.7 Å². The first-order chi connectivity index (χ1) is 13.2. The van der Waals surface area contributed by atoms with Crippen LogP contribution in [0.3, 0.4) is 0 Å². The number of hydrogen-bond donors (Lipinski definition) is 2. The summed E-state index contributed by atoms with van der Waals surface area (Å²) in [5.41, 5.74) is 6.81. The molecule has 0 bridgehead atoms. The number of aliphatic imine (C=N–C) groups is 1. The third-order valence-electron chi connectivity index (χ3n) is 4.94. The monoisotopic (exact) mass is 359 g/mol. The van der Waals surface area contributed by atoms with Crippen molar-refractivity contribution >= 4 is 16.6 Å². The molecule has 1 aliphatic heterocycles. The summed E-state index contributed by atoms with van der Waals surface area (Å²) in [7, 11) is 0. The lowest BCUT2D eigenvalue weighted by Crippen LogP contribution is -2.34. The summed E-state index contributed by atoms with van der Waals surface area (Å²) in [5, 5.41) is 5.68. The van der Waals surface area contributed by atoms with Gasteiger partial charge in [-0.25, -0.2) is 0 Å². The maximum absolute atomic E-state index is 5.74. The van der Waals surface area contributed by atoms with E-state index in [0.29, 0.717) is 5.92 Å². The van der Waals surface area contributed by atoms with Crippen LogP contribution in [0.4, 0.5) is 0 Å². The van der Waals surface area contributed by atoms with E-state index in [1.165, 1.54) is 27.5 Å². The van der Waals surface area contributed by atoms with Crippen molar-refractivity contribution in [3.8, 4) is 16.9 Å². The number of benzene rings is 3. The summed E-state index contributed by atoms with van der Waals surface area (Å²) < 4.78 is 0. The summed E-state index contributed by atoms with van der Waals surface area (Å²) in [5.74, 6) is 2.19. The second kappa shape index (κ2) is 7.80. The average molecular weight is 359 g/mol. The molecule has 0 radical (unpaired) electrons. The lowest BCUT2D eigenvalue weighted by atomic mass is 10.0. The molecule has 0 saturated heterocycles. The van der Waals surface area contributed by atoms with Crippen LogP contribution in [-0.2, 0) is 0 Å². The van der Waals surface area contributed by atoms with Gasteiger partial charge in [0.15, 0.2) is 0 Å². The second-order valence-corrected chi connectivity index (χ2v) is 7.14. The molecule has 4 heteroatoms. The quantitative estimate of drug-likeness (QED) is 0.644. The molecular weight excluding hydrogens is 334 g/mol. The summed E-state index contributed by atoms with van der Waals surface area (Å²) in [6.07, 6.45) is 0. The van der Waals surface area contributed by atoms with Crippen molar-refractivity contribution in [3.63, 3.8) is 0 Å². The van der Waals surface area contributed by atoms with Crippen LogP contribution in [0, 0.1) is 12.8 Å². The number of aryl methyl sites for hydroxylation is 1. The van der Waals surface area contributed by atoms with Crippen LogP contribution in [0.2, 0.25) is 0 Å². The summed E-state index contributed by atoms with van der Waals surface area (Å²) in [6, 6.07) is 21.4. The van der Waals surface area contributed by atoms with Crippen molar-refractivity contribution in [3.05, 3.63) is 66.2 Å². The molecule has 0 saturated carbocycles. The highest BCUT2D eigenvalue weighted by Gasteiger charge is 2.13. The maximum Gasteiger partial charge on any atom is 0.147 e. The number of nitrogens with zero attached hydrogens (tertiary/aromatic N) is 1. The number of hydrogen-bond acceptors (Lipinski definition) is 4. The molecule has 4 rings (SSSR count). The molecule has 138 valence electrons. The van der Waals surface area contributed by atoms with Crippen molar-refractivity contribution in [2.45, 2.75) is 13.8 Å². The van der Waals surface area contributed by atoms with E-state index in [4.69, 9.17) is 4.84 Å². The first kappa shape index (κ1) is 17.6. The number of fused-ring (bicyclic) bond motifs is 1. The lowest BCUT2D eigenvalue weighted by molar-refractivity contribution is 0.189. The highest BCUT2D eigenvalue weighted by molar-refractivity contribution is 5.88. The third kappa shape index (κ3) is 4.12. The van der Waals surface area contributed by atoms with Gasteiger partial charge in [0.25, 0.3) is 0 Å². The Balaban J connectivity index is 1.43. The molecule has 3 aromatic rings. The van der Waals surface area contributed by atoms with Gasteiger partial charge in [0, 0.05) is 19.0 Å². The topological polar surface area (TPSA) is 45.6 Å². The van der Waals surface area contributed by atoms with Gasteiger partial charge in [0.2, 0.25) is 0 Å². The smallest absolute Gasteiger partial charge is 0.147 e. The minimum atomic E-state index is 0.310. The predicted octanol–water partition coefficient (Wildman–Crippen LogP) is 4.34. The van der Waals surface area contributed by atoms with Gasteiger partial charge in [-0.1, -0.05) is 55.0 Å². The van der Waals surface area contributed by atoms with E-state index in [-0.39, 0.29) is 0 Å². The molecule has 0 aliphatic carbocycles. The predicted molar refractivity (Wildman–Crippen MR) is 112 cm³/mol. The van der Waals surface area contributed by atoms with E-state index in [2.05, 4.69) is 84.2 Å². The molecule has 0 aromatic heterocycles. The van der Waals surface area contributed by atoms with Crippen LogP contribution >= 0.6 is 0 Å². The molecule has 0 fully saturated rings. The summed E-state index contributed by atoms with van der Waals surface area (Å²) >= 11 is 0. The first-order valence-electron chi connectivity index (χ1n) is 9.48. The highest BCUT2D eigenvalue weighted by atomic mass is 16.6. The molecule has 1 unspecified atom stereocenters. The normalized spacial score (nSPS) is 14.7. The van der Waals surface area contributed by atoms with E-state index in [0.717, 1.165) is 31.2 Å². The van der Waals surface area contributed by atoms with Crippen LogP contribution in [-0.4, -0.2) is 25.5 Å². The molecule has 0 amide bonds. The van der Waals surface area contributed by atoms with Crippen LogP contribution in [0.1, 0.15) is 12.5 Å². The highest BCUT2D eigenvalue weighted by Crippen LogP contribution is 2.27. The minimum absolute atomic E-state index is 0.310. The molecule has 1 atom stereocenters. The van der Waals surface area contributed by atoms with E-state index < -0.39 is 0 Å². The van der Waals surface area contributed by atoms with E-state index >= 15 is 0 Å². The summed E-state index contributed by atoms with van der Waals surface area (Å²) in [4.78, 5) is 10.2. The third-order valence-corrected chi connectivity index (χ3v) is 4.94. The SMILES string of the molecule is Cc1ccc(-c2ccc3cc(ONCC(C)C4=NCCN4)ccc3c2)cc1. The molecule has 0 spiro atoms. The average Bonchev–Trinajstić information content (AvgIpc) is 3.23. The Labute approximate surface area is 160 Å². The second-order valence-electron chi connectivity index (χ2n) is 7.14. The maximum atomic E-state index is 5.74. The Morgan fingerprint density at radius 3 is 2.52 bits per heavy atom. The largest absolute Gasteiger partial charge is 0.409 e. The van der Waals surface area contributed by atoms with Crippen LogP contribution in [0.25, 0.3) is 21.9 Å². The zero-order valence-electron chi connectivity index (χ0n) is 15.8. The molecule has 3 aromatic carbocycles. The van der Waals surface area contributed by atoms with Gasteiger partial charge in [0.05, 0.1) is 6.54 Å². The van der Waals surface area contributed by atoms with Gasteiger partial charge in [-0.3, -0.25) is 4.99 Å². The fourth-order valence-corrected chi connectivity index (χ4v) is 3.31. The number of amidine groups is 1.